The summed E-state index contributed by atoms with van der Waals surface area (Å²) in [5, 5.41) is 3.84. The third kappa shape index (κ3) is 2.69. The highest BCUT2D eigenvalue weighted by atomic mass is 35.5. The van der Waals surface area contributed by atoms with E-state index in [1.807, 2.05) is 0 Å². The van der Waals surface area contributed by atoms with Crippen LogP contribution in [0.5, 0.6) is 0 Å². The summed E-state index contributed by atoms with van der Waals surface area (Å²) in [4.78, 5) is 8.23. The lowest BCUT2D eigenvalue weighted by Gasteiger charge is -2.04. The van der Waals surface area contributed by atoms with E-state index in [4.69, 9.17) is 23.2 Å². The van der Waals surface area contributed by atoms with Crippen LogP contribution < -0.4 is 0 Å². The topological polar surface area (TPSA) is 43.6 Å². The zero-order chi connectivity index (χ0) is 14.2. The molecule has 4 nitrogen and oxygen atoms in total. The smallest absolute Gasteiger partial charge is 0.238 e. The van der Waals surface area contributed by atoms with Gasteiger partial charge in [-0.1, -0.05) is 11.6 Å². The molecular weight excluding hydrogens is 297 g/mol. The third-order valence-electron chi connectivity index (χ3n) is 2.46. The van der Waals surface area contributed by atoms with E-state index >= 15 is 0 Å². The molecule has 0 aromatic carbocycles. The average Bonchev–Trinajstić information content (AvgIpc) is 2.65. The minimum Gasteiger partial charge on any atom is -0.238 e. The van der Waals surface area contributed by atoms with Crippen LogP contribution in [-0.4, -0.2) is 19.7 Å². The Labute approximate surface area is 118 Å². The molecule has 0 spiro atoms. The molecule has 19 heavy (non-hydrogen) atoms. The van der Waals surface area contributed by atoms with Gasteiger partial charge in [0.05, 0.1) is 5.88 Å². The SMILES string of the molecule is Cc1cc(-n2nc(C(F)F)c(CCl)c2Cl)nc(C)n1. The molecule has 102 valence electrons. The molecule has 2 aromatic rings. The number of hydrogen-bond donors (Lipinski definition) is 0. The van der Waals surface area contributed by atoms with Crippen LogP contribution in [0.1, 0.15) is 29.2 Å². The van der Waals surface area contributed by atoms with E-state index in [2.05, 4.69) is 15.1 Å². The van der Waals surface area contributed by atoms with Gasteiger partial charge in [0.25, 0.3) is 6.43 Å². The van der Waals surface area contributed by atoms with Gasteiger partial charge >= 0.3 is 0 Å². The van der Waals surface area contributed by atoms with Gasteiger partial charge in [-0.25, -0.2) is 23.4 Å². The average molecular weight is 307 g/mol. The van der Waals surface area contributed by atoms with Gasteiger partial charge in [0, 0.05) is 17.3 Å². The predicted molar refractivity (Wildman–Crippen MR) is 68.2 cm³/mol. The lowest BCUT2D eigenvalue weighted by atomic mass is 10.3. The maximum Gasteiger partial charge on any atom is 0.282 e. The van der Waals surface area contributed by atoms with Crippen LogP contribution in [0.2, 0.25) is 5.15 Å². The molecule has 2 heterocycles. The van der Waals surface area contributed by atoms with E-state index in [1.165, 1.54) is 0 Å². The highest BCUT2D eigenvalue weighted by Crippen LogP contribution is 2.30. The summed E-state index contributed by atoms with van der Waals surface area (Å²) < 4.78 is 26.9. The van der Waals surface area contributed by atoms with E-state index in [-0.39, 0.29) is 16.6 Å². The molecule has 0 amide bonds. The Morgan fingerprint density at radius 2 is 2.00 bits per heavy atom. The van der Waals surface area contributed by atoms with E-state index in [0.29, 0.717) is 17.3 Å². The monoisotopic (exact) mass is 306 g/mol. The number of aryl methyl sites for hydroxylation is 2. The summed E-state index contributed by atoms with van der Waals surface area (Å²) in [5.41, 5.74) is 0.390. The molecule has 0 atom stereocenters. The van der Waals surface area contributed by atoms with Crippen LogP contribution in [0, 0.1) is 13.8 Å². The quantitative estimate of drug-likeness (QED) is 0.814. The zero-order valence-corrected chi connectivity index (χ0v) is 11.7. The second-order valence-corrected chi connectivity index (χ2v) is 4.54. The summed E-state index contributed by atoms with van der Waals surface area (Å²) in [6.45, 7) is 3.47. The first-order chi connectivity index (χ1) is 8.93. The molecule has 0 fully saturated rings. The number of hydrogen-bond acceptors (Lipinski definition) is 3. The zero-order valence-electron chi connectivity index (χ0n) is 10.2. The van der Waals surface area contributed by atoms with Gasteiger partial charge in [-0.15, -0.1) is 11.6 Å². The van der Waals surface area contributed by atoms with Crippen molar-refractivity contribution in [2.45, 2.75) is 26.2 Å². The first-order valence-corrected chi connectivity index (χ1v) is 6.29. The molecule has 0 bridgehead atoms. The van der Waals surface area contributed by atoms with Gasteiger partial charge in [-0.3, -0.25) is 0 Å². The van der Waals surface area contributed by atoms with Gasteiger partial charge in [0.15, 0.2) is 5.82 Å². The minimum atomic E-state index is -2.74. The fourth-order valence-corrected chi connectivity index (χ4v) is 2.32. The Morgan fingerprint density at radius 1 is 1.32 bits per heavy atom. The van der Waals surface area contributed by atoms with Crippen molar-refractivity contribution < 1.29 is 8.78 Å². The molecule has 0 N–H and O–H groups in total. The van der Waals surface area contributed by atoms with Crippen LogP contribution in [0.3, 0.4) is 0 Å². The Bertz CT molecular complexity index is 593. The molecule has 2 aromatic heterocycles. The molecule has 2 rings (SSSR count). The van der Waals surface area contributed by atoms with E-state index < -0.39 is 12.1 Å². The van der Waals surface area contributed by atoms with Crippen molar-refractivity contribution in [1.29, 1.82) is 0 Å². The second kappa shape index (κ2) is 5.38. The third-order valence-corrected chi connectivity index (χ3v) is 3.12. The minimum absolute atomic E-state index is 0.0443. The number of rotatable bonds is 3. The van der Waals surface area contributed by atoms with Crippen molar-refractivity contribution in [3.05, 3.63) is 34.0 Å². The fraction of sp³-hybridized carbons (Fsp3) is 0.364. The summed E-state index contributed by atoms with van der Waals surface area (Å²) in [6.07, 6.45) is -2.74. The predicted octanol–water partition coefficient (Wildman–Crippen LogP) is 3.61. The molecule has 0 radical (unpaired) electrons. The second-order valence-electron chi connectivity index (χ2n) is 3.92. The van der Waals surface area contributed by atoms with Crippen molar-refractivity contribution in [2.75, 3.05) is 0 Å². The largest absolute Gasteiger partial charge is 0.282 e. The highest BCUT2D eigenvalue weighted by molar-refractivity contribution is 6.31. The van der Waals surface area contributed by atoms with Crippen LogP contribution in [0.4, 0.5) is 8.78 Å². The van der Waals surface area contributed by atoms with Crippen molar-refractivity contribution in [3.8, 4) is 5.82 Å². The Kier molecular flexibility index (Phi) is 4.01. The van der Waals surface area contributed by atoms with Crippen LogP contribution in [-0.2, 0) is 5.88 Å². The molecule has 8 heteroatoms. The van der Waals surface area contributed by atoms with Crippen molar-refractivity contribution >= 4 is 23.2 Å². The van der Waals surface area contributed by atoms with Crippen LogP contribution in [0.15, 0.2) is 6.07 Å². The van der Waals surface area contributed by atoms with Gasteiger partial charge < -0.3 is 0 Å². The van der Waals surface area contributed by atoms with Gasteiger partial charge in [0.1, 0.15) is 16.7 Å². The lowest BCUT2D eigenvalue weighted by molar-refractivity contribution is 0.144. The number of nitrogens with zero attached hydrogens (tertiary/aromatic N) is 4. The number of alkyl halides is 3. The molecule has 0 aliphatic rings. The Hall–Kier alpha value is -1.27. The Morgan fingerprint density at radius 3 is 2.47 bits per heavy atom. The molecule has 0 saturated heterocycles. The number of aromatic nitrogens is 4. The van der Waals surface area contributed by atoms with Crippen molar-refractivity contribution in [2.24, 2.45) is 0 Å². The van der Waals surface area contributed by atoms with E-state index in [0.717, 1.165) is 4.68 Å². The van der Waals surface area contributed by atoms with Crippen molar-refractivity contribution in [1.82, 2.24) is 19.7 Å². The molecule has 0 aliphatic carbocycles. The first kappa shape index (κ1) is 14.1. The van der Waals surface area contributed by atoms with Gasteiger partial charge in [-0.05, 0) is 13.8 Å². The van der Waals surface area contributed by atoms with E-state index in [9.17, 15) is 8.78 Å². The van der Waals surface area contributed by atoms with E-state index in [1.54, 1.807) is 19.9 Å². The summed E-state index contributed by atoms with van der Waals surface area (Å²) >= 11 is 11.7. The van der Waals surface area contributed by atoms with Crippen LogP contribution in [0.25, 0.3) is 5.82 Å². The van der Waals surface area contributed by atoms with Crippen LogP contribution >= 0.6 is 23.2 Å². The Balaban J connectivity index is 2.62. The first-order valence-electron chi connectivity index (χ1n) is 5.38. The highest BCUT2D eigenvalue weighted by Gasteiger charge is 2.23. The lowest BCUT2D eigenvalue weighted by Crippen LogP contribution is -2.04. The maximum atomic E-state index is 12.9. The molecular formula is C11H10Cl2F2N4. The molecule has 0 saturated carbocycles. The molecule has 0 aliphatic heterocycles. The summed E-state index contributed by atoms with van der Waals surface area (Å²) in [5.74, 6) is 0.711. The number of halogens is 4. The maximum absolute atomic E-state index is 12.9. The van der Waals surface area contributed by atoms with Gasteiger partial charge in [-0.2, -0.15) is 5.10 Å². The standard InChI is InChI=1S/C11H10Cl2F2N4/c1-5-3-8(17-6(2)16-5)19-10(13)7(4-12)9(18-19)11(14)15/h3,11H,4H2,1-2H3. The normalized spacial score (nSPS) is 11.3. The summed E-state index contributed by atoms with van der Waals surface area (Å²) in [6, 6.07) is 1.61. The fourth-order valence-electron chi connectivity index (χ4n) is 1.70. The summed E-state index contributed by atoms with van der Waals surface area (Å²) in [7, 11) is 0. The molecule has 0 unspecified atom stereocenters. The van der Waals surface area contributed by atoms with Gasteiger partial charge in [0.2, 0.25) is 0 Å². The van der Waals surface area contributed by atoms with Crippen molar-refractivity contribution in [3.63, 3.8) is 0 Å².